The molecule has 0 spiro atoms. The Morgan fingerprint density at radius 2 is 1.85 bits per heavy atom. The van der Waals surface area contributed by atoms with Crippen LogP contribution in [0.4, 0.5) is 13.9 Å². The van der Waals surface area contributed by atoms with Crippen LogP contribution >= 0.6 is 34.5 Å². The van der Waals surface area contributed by atoms with Crippen LogP contribution in [0.5, 0.6) is 0 Å². The van der Waals surface area contributed by atoms with Crippen molar-refractivity contribution in [1.29, 1.82) is 0 Å². The molecule has 2 aromatic carbocycles. The molecule has 1 aliphatic carbocycles. The number of hydrogen-bond acceptors (Lipinski definition) is 5. The van der Waals surface area contributed by atoms with Crippen molar-refractivity contribution in [2.24, 2.45) is 5.92 Å². The number of likely N-dealkylation sites (tertiary alicyclic amines) is 1. The standard InChI is InChI=1S/C28H28Cl2F2N4O2S/c29-22-4-2-5-23(30)21(22)15-36-8-7-16(14-36)13-33-27(38)20-3-1-6-24-26(20)35-28(39-24)34-25(37)11-17-9-18(31)12-19(32)10-17/h2,4-5,9-10,12,16,20H,1,3,6-8,11,13-15H2,(H,33,38)(H,34,35,37). The van der Waals surface area contributed by atoms with Gasteiger partial charge in [-0.05, 0) is 68.0 Å². The number of halogens is 4. The van der Waals surface area contributed by atoms with Gasteiger partial charge in [-0.15, -0.1) is 11.3 Å². The number of amides is 2. The summed E-state index contributed by atoms with van der Waals surface area (Å²) in [5.41, 5.74) is 1.87. The summed E-state index contributed by atoms with van der Waals surface area (Å²) in [5, 5.41) is 7.56. The second-order valence-electron chi connectivity index (χ2n) is 10.1. The fraction of sp³-hybridized carbons (Fsp3) is 0.393. The molecule has 206 valence electrons. The van der Waals surface area contributed by atoms with E-state index in [1.165, 1.54) is 11.3 Å². The monoisotopic (exact) mass is 592 g/mol. The molecule has 1 saturated heterocycles. The van der Waals surface area contributed by atoms with Crippen molar-refractivity contribution in [2.45, 2.75) is 44.6 Å². The molecular weight excluding hydrogens is 565 g/mol. The number of nitrogens with zero attached hydrogens (tertiary/aromatic N) is 2. The predicted octanol–water partition coefficient (Wildman–Crippen LogP) is 5.97. The maximum absolute atomic E-state index is 13.4. The van der Waals surface area contributed by atoms with Crippen LogP contribution in [0.3, 0.4) is 0 Å². The van der Waals surface area contributed by atoms with Gasteiger partial charge in [0.05, 0.1) is 18.0 Å². The van der Waals surface area contributed by atoms with E-state index in [2.05, 4.69) is 20.5 Å². The lowest BCUT2D eigenvalue weighted by Crippen LogP contribution is -2.35. The predicted molar refractivity (Wildman–Crippen MR) is 149 cm³/mol. The highest BCUT2D eigenvalue weighted by atomic mass is 35.5. The zero-order valence-corrected chi connectivity index (χ0v) is 23.4. The van der Waals surface area contributed by atoms with Crippen LogP contribution in [0.15, 0.2) is 36.4 Å². The smallest absolute Gasteiger partial charge is 0.230 e. The first-order valence-electron chi connectivity index (χ1n) is 12.9. The second-order valence-corrected chi connectivity index (χ2v) is 12.0. The topological polar surface area (TPSA) is 74.3 Å². The minimum absolute atomic E-state index is 0.0537. The molecule has 2 N–H and O–H groups in total. The molecule has 39 heavy (non-hydrogen) atoms. The van der Waals surface area contributed by atoms with E-state index >= 15 is 0 Å². The fourth-order valence-electron chi connectivity index (χ4n) is 5.29. The lowest BCUT2D eigenvalue weighted by molar-refractivity contribution is -0.123. The van der Waals surface area contributed by atoms with E-state index in [4.69, 9.17) is 23.2 Å². The van der Waals surface area contributed by atoms with E-state index in [0.29, 0.717) is 46.3 Å². The Balaban J connectivity index is 1.14. The number of carbonyl (C=O) groups excluding carboxylic acids is 2. The molecule has 2 unspecified atom stereocenters. The number of nitrogens with one attached hydrogen (secondary N) is 2. The van der Waals surface area contributed by atoms with Gasteiger partial charge in [0.1, 0.15) is 11.6 Å². The maximum Gasteiger partial charge on any atom is 0.230 e. The molecular formula is C28H28Cl2F2N4O2S. The number of fused-ring (bicyclic) bond motifs is 1. The fourth-order valence-corrected chi connectivity index (χ4v) is 6.89. The number of aromatic nitrogens is 1. The Morgan fingerprint density at radius 1 is 1.10 bits per heavy atom. The van der Waals surface area contributed by atoms with E-state index in [1.807, 2.05) is 18.2 Å². The first kappa shape index (κ1) is 28.0. The summed E-state index contributed by atoms with van der Waals surface area (Å²) in [6, 6.07) is 8.55. The molecule has 3 aromatic rings. The van der Waals surface area contributed by atoms with Crippen LogP contribution < -0.4 is 10.6 Å². The van der Waals surface area contributed by atoms with Crippen molar-refractivity contribution in [3.05, 3.63) is 79.8 Å². The van der Waals surface area contributed by atoms with Crippen LogP contribution in [0.1, 0.15) is 46.9 Å². The van der Waals surface area contributed by atoms with Crippen molar-refractivity contribution in [3.8, 4) is 0 Å². The molecule has 2 aliphatic rings. The average molecular weight is 594 g/mol. The van der Waals surface area contributed by atoms with Crippen LogP contribution in [0.2, 0.25) is 10.0 Å². The van der Waals surface area contributed by atoms with Gasteiger partial charge in [0.2, 0.25) is 11.8 Å². The summed E-state index contributed by atoms with van der Waals surface area (Å²) < 4.78 is 26.9. The van der Waals surface area contributed by atoms with E-state index in [9.17, 15) is 18.4 Å². The minimum Gasteiger partial charge on any atom is -0.355 e. The van der Waals surface area contributed by atoms with Gasteiger partial charge < -0.3 is 10.6 Å². The Hall–Kier alpha value is -2.59. The van der Waals surface area contributed by atoms with Crippen molar-refractivity contribution in [2.75, 3.05) is 25.0 Å². The van der Waals surface area contributed by atoms with Crippen LogP contribution in [0, 0.1) is 17.6 Å². The van der Waals surface area contributed by atoms with Gasteiger partial charge in [-0.1, -0.05) is 29.3 Å². The molecule has 0 radical (unpaired) electrons. The van der Waals surface area contributed by atoms with Gasteiger partial charge in [-0.3, -0.25) is 14.5 Å². The van der Waals surface area contributed by atoms with Crippen molar-refractivity contribution >= 4 is 51.5 Å². The van der Waals surface area contributed by atoms with Crippen LogP contribution in [-0.2, 0) is 29.0 Å². The molecule has 11 heteroatoms. The highest BCUT2D eigenvalue weighted by molar-refractivity contribution is 7.15. The lowest BCUT2D eigenvalue weighted by Gasteiger charge is -2.22. The first-order chi connectivity index (χ1) is 18.7. The first-order valence-corrected chi connectivity index (χ1v) is 14.5. The molecule has 1 aliphatic heterocycles. The highest BCUT2D eigenvalue weighted by Crippen LogP contribution is 2.37. The number of aryl methyl sites for hydroxylation is 1. The third kappa shape index (κ3) is 6.95. The summed E-state index contributed by atoms with van der Waals surface area (Å²) >= 11 is 14.0. The Morgan fingerprint density at radius 3 is 2.59 bits per heavy atom. The van der Waals surface area contributed by atoms with E-state index in [1.54, 1.807) is 0 Å². The second kappa shape index (κ2) is 12.3. The average Bonchev–Trinajstić information content (AvgIpc) is 3.50. The molecule has 0 bridgehead atoms. The van der Waals surface area contributed by atoms with Crippen LogP contribution in [0.25, 0.3) is 0 Å². The third-order valence-corrected chi connectivity index (χ3v) is 8.94. The van der Waals surface area contributed by atoms with Gasteiger partial charge in [-0.25, -0.2) is 13.8 Å². The zero-order chi connectivity index (χ0) is 27.5. The molecule has 2 heterocycles. The molecule has 6 nitrogen and oxygen atoms in total. The van der Waals surface area contributed by atoms with E-state index < -0.39 is 17.5 Å². The van der Waals surface area contributed by atoms with Gasteiger partial charge in [-0.2, -0.15) is 0 Å². The van der Waals surface area contributed by atoms with Gasteiger partial charge >= 0.3 is 0 Å². The molecule has 1 aromatic heterocycles. The molecule has 0 saturated carbocycles. The van der Waals surface area contributed by atoms with Crippen LogP contribution in [-0.4, -0.2) is 41.3 Å². The van der Waals surface area contributed by atoms with E-state index in [-0.39, 0.29) is 23.8 Å². The summed E-state index contributed by atoms with van der Waals surface area (Å²) in [7, 11) is 0. The Bertz CT molecular complexity index is 1350. The van der Waals surface area contributed by atoms with Gasteiger partial charge in [0.25, 0.3) is 0 Å². The number of rotatable bonds is 8. The summed E-state index contributed by atoms with van der Waals surface area (Å²) in [6.45, 7) is 3.01. The molecule has 1 fully saturated rings. The van der Waals surface area contributed by atoms with Gasteiger partial charge in [0.15, 0.2) is 5.13 Å². The largest absolute Gasteiger partial charge is 0.355 e. The summed E-state index contributed by atoms with van der Waals surface area (Å²) in [5.74, 6) is -1.97. The Labute approximate surface area is 239 Å². The normalized spacial score (nSPS) is 19.1. The molecule has 2 amide bonds. The number of thiazole rings is 1. The molecule has 2 atom stereocenters. The van der Waals surface area contributed by atoms with Crippen molar-refractivity contribution in [1.82, 2.24) is 15.2 Å². The zero-order valence-electron chi connectivity index (χ0n) is 21.1. The third-order valence-electron chi connectivity index (χ3n) is 7.18. The maximum atomic E-state index is 13.4. The lowest BCUT2D eigenvalue weighted by atomic mass is 9.90. The Kier molecular flexibility index (Phi) is 8.81. The number of benzene rings is 2. The van der Waals surface area contributed by atoms with Gasteiger partial charge in [0, 0.05) is 46.2 Å². The summed E-state index contributed by atoms with van der Waals surface area (Å²) in [6.07, 6.45) is 3.15. The highest BCUT2D eigenvalue weighted by Gasteiger charge is 2.32. The van der Waals surface area contributed by atoms with Crippen molar-refractivity contribution in [3.63, 3.8) is 0 Å². The SMILES string of the molecule is O=C(Cc1cc(F)cc(F)c1)Nc1nc2c(s1)CCCC2C(=O)NCC1CCN(Cc2c(Cl)cccc2Cl)C1. The number of carbonyl (C=O) groups is 2. The molecule has 5 rings (SSSR count). The minimum atomic E-state index is -0.730. The number of anilines is 1. The van der Waals surface area contributed by atoms with Crippen molar-refractivity contribution < 1.29 is 18.4 Å². The summed E-state index contributed by atoms with van der Waals surface area (Å²) in [4.78, 5) is 33.5. The number of hydrogen-bond donors (Lipinski definition) is 2. The quantitative estimate of drug-likeness (QED) is 0.338. The van der Waals surface area contributed by atoms with E-state index in [0.717, 1.165) is 61.0 Å².